The molecule has 1 unspecified atom stereocenters. The Morgan fingerprint density at radius 3 is 2.76 bits per heavy atom. The number of nitrogens with zero attached hydrogens (tertiary/aromatic N) is 8. The van der Waals surface area contributed by atoms with Crippen molar-refractivity contribution < 1.29 is 5.11 Å². The van der Waals surface area contributed by atoms with Crippen LogP contribution in [-0.2, 0) is 6.54 Å². The van der Waals surface area contributed by atoms with Gasteiger partial charge in [-0.15, -0.1) is 10.2 Å². The summed E-state index contributed by atoms with van der Waals surface area (Å²) in [6, 6.07) is 11.2. The molecular formula is C27H29N9O. The number of aromatic hydroxyl groups is 1. The molecule has 37 heavy (non-hydrogen) atoms. The van der Waals surface area contributed by atoms with E-state index >= 15 is 0 Å². The first-order chi connectivity index (χ1) is 18.0. The Balaban J connectivity index is 1.33. The highest BCUT2D eigenvalue weighted by Crippen LogP contribution is 2.32. The number of nitrogen functional groups attached to an aromatic ring is 1. The number of anilines is 3. The molecule has 1 aliphatic heterocycles. The minimum Gasteiger partial charge on any atom is -0.507 e. The number of rotatable bonds is 4. The molecule has 1 aromatic carbocycles. The zero-order valence-electron chi connectivity index (χ0n) is 20.9. The monoisotopic (exact) mass is 495 g/mol. The lowest BCUT2D eigenvalue weighted by molar-refractivity contribution is 0.477. The van der Waals surface area contributed by atoms with Crippen molar-refractivity contribution in [1.82, 2.24) is 29.7 Å². The van der Waals surface area contributed by atoms with Crippen molar-refractivity contribution in [3.8, 4) is 28.8 Å². The zero-order chi connectivity index (χ0) is 25.8. The summed E-state index contributed by atoms with van der Waals surface area (Å²) in [4.78, 5) is 17.8. The molecular weight excluding hydrogens is 466 g/mol. The average Bonchev–Trinajstić information content (AvgIpc) is 3.21. The Morgan fingerprint density at radius 2 is 1.95 bits per heavy atom. The molecule has 1 saturated heterocycles. The second kappa shape index (κ2) is 10.5. The predicted molar refractivity (Wildman–Crippen MR) is 143 cm³/mol. The van der Waals surface area contributed by atoms with Gasteiger partial charge in [-0.05, 0) is 50.5 Å². The molecule has 188 valence electrons. The van der Waals surface area contributed by atoms with Crippen LogP contribution in [-0.4, -0.2) is 60.5 Å². The highest BCUT2D eigenvalue weighted by molar-refractivity contribution is 5.74. The maximum Gasteiger partial charge on any atom is 0.206 e. The van der Waals surface area contributed by atoms with Gasteiger partial charge >= 0.3 is 0 Å². The molecule has 5 rings (SSSR count). The van der Waals surface area contributed by atoms with E-state index < -0.39 is 0 Å². The van der Waals surface area contributed by atoms with Crippen molar-refractivity contribution >= 4 is 17.3 Å². The van der Waals surface area contributed by atoms with Gasteiger partial charge in [-0.1, -0.05) is 18.1 Å². The third kappa shape index (κ3) is 5.30. The smallest absolute Gasteiger partial charge is 0.206 e. The van der Waals surface area contributed by atoms with Gasteiger partial charge in [-0.3, -0.25) is 0 Å². The summed E-state index contributed by atoms with van der Waals surface area (Å²) in [7, 11) is 0. The number of imidazole rings is 1. The quantitative estimate of drug-likeness (QED) is 0.412. The minimum absolute atomic E-state index is 0.158. The fraction of sp³-hybridized carbons (Fsp3) is 0.296. The molecule has 10 heteroatoms. The Labute approximate surface area is 215 Å². The third-order valence-corrected chi connectivity index (χ3v) is 6.59. The number of hydrogen-bond donors (Lipinski definition) is 2. The number of phenols is 1. The van der Waals surface area contributed by atoms with E-state index in [0.29, 0.717) is 29.4 Å². The first kappa shape index (κ1) is 24.1. The van der Waals surface area contributed by atoms with E-state index in [4.69, 9.17) is 10.7 Å². The van der Waals surface area contributed by atoms with Gasteiger partial charge in [0.15, 0.2) is 5.82 Å². The van der Waals surface area contributed by atoms with Gasteiger partial charge in [0.25, 0.3) is 0 Å². The van der Waals surface area contributed by atoms with Crippen molar-refractivity contribution in [3.63, 3.8) is 0 Å². The molecule has 0 bridgehead atoms. The van der Waals surface area contributed by atoms with E-state index in [1.807, 2.05) is 42.0 Å². The van der Waals surface area contributed by atoms with E-state index in [2.05, 4.69) is 48.7 Å². The first-order valence-corrected chi connectivity index (χ1v) is 12.2. The Kier molecular flexibility index (Phi) is 6.85. The van der Waals surface area contributed by atoms with E-state index in [0.717, 1.165) is 43.4 Å². The number of aromatic nitrogens is 6. The van der Waals surface area contributed by atoms with Gasteiger partial charge in [0, 0.05) is 49.8 Å². The normalized spacial score (nSPS) is 15.7. The van der Waals surface area contributed by atoms with Crippen molar-refractivity contribution in [3.05, 3.63) is 66.6 Å². The SMILES string of the molecule is Cc1nccn1CC#Cc1nccc(N2CCN(c3cc(-c4ccccc4O)nnc3N)CCC2C)n1. The molecule has 10 nitrogen and oxygen atoms in total. The zero-order valence-corrected chi connectivity index (χ0v) is 20.9. The standard InChI is InChI=1S/C27H29N9O/c1-19-10-14-35(23-18-22(32-33-27(23)28)21-6-3-4-7-24(21)37)16-17-36(19)26-9-11-30-25(31-26)8-5-13-34-15-12-29-20(34)2/h3-4,6-7,9,11-12,15,18-19,37H,10,13-14,16-17H2,1-2H3,(H2,28,33). The van der Waals surface area contributed by atoms with Crippen LogP contribution in [0.1, 0.15) is 25.0 Å². The second-order valence-corrected chi connectivity index (χ2v) is 8.98. The summed E-state index contributed by atoms with van der Waals surface area (Å²) in [5.41, 5.74) is 8.27. The Morgan fingerprint density at radius 1 is 1.08 bits per heavy atom. The van der Waals surface area contributed by atoms with Crippen molar-refractivity contribution in [1.29, 1.82) is 0 Å². The van der Waals surface area contributed by atoms with Crippen molar-refractivity contribution in [2.45, 2.75) is 32.9 Å². The molecule has 0 radical (unpaired) electrons. The van der Waals surface area contributed by atoms with Gasteiger partial charge in [-0.2, -0.15) is 0 Å². The topological polar surface area (TPSA) is 122 Å². The molecule has 4 aromatic rings. The fourth-order valence-corrected chi connectivity index (χ4v) is 4.45. The highest BCUT2D eigenvalue weighted by Gasteiger charge is 2.24. The average molecular weight is 496 g/mol. The molecule has 1 aliphatic rings. The minimum atomic E-state index is 0.158. The van der Waals surface area contributed by atoms with Crippen LogP contribution < -0.4 is 15.5 Å². The van der Waals surface area contributed by atoms with Gasteiger partial charge in [0.1, 0.15) is 17.4 Å². The van der Waals surface area contributed by atoms with Crippen molar-refractivity contribution in [2.75, 3.05) is 35.2 Å². The lowest BCUT2D eigenvalue weighted by Crippen LogP contribution is -2.35. The summed E-state index contributed by atoms with van der Waals surface area (Å²) >= 11 is 0. The summed E-state index contributed by atoms with van der Waals surface area (Å²) in [6.45, 7) is 6.96. The number of para-hydroxylation sites is 1. The first-order valence-electron chi connectivity index (χ1n) is 12.2. The molecule has 4 heterocycles. The van der Waals surface area contributed by atoms with E-state index in [1.54, 1.807) is 24.5 Å². The number of aryl methyl sites for hydroxylation is 1. The second-order valence-electron chi connectivity index (χ2n) is 8.98. The van der Waals surface area contributed by atoms with Crippen LogP contribution in [0.3, 0.4) is 0 Å². The fourth-order valence-electron chi connectivity index (χ4n) is 4.45. The lowest BCUT2D eigenvalue weighted by Gasteiger charge is -2.28. The molecule has 1 atom stereocenters. The Hall–Kier alpha value is -4.65. The van der Waals surface area contributed by atoms with Gasteiger partial charge in [-0.25, -0.2) is 15.0 Å². The maximum absolute atomic E-state index is 10.3. The molecule has 0 spiro atoms. The van der Waals surface area contributed by atoms with Gasteiger partial charge in [0.2, 0.25) is 5.82 Å². The number of nitrogens with two attached hydrogens (primary N) is 1. The van der Waals surface area contributed by atoms with Gasteiger partial charge < -0.3 is 25.2 Å². The molecule has 0 saturated carbocycles. The van der Waals surface area contributed by atoms with Crippen LogP contribution in [0.15, 0.2) is 55.0 Å². The van der Waals surface area contributed by atoms with Crippen LogP contribution in [0.25, 0.3) is 11.3 Å². The largest absolute Gasteiger partial charge is 0.507 e. The van der Waals surface area contributed by atoms with Gasteiger partial charge in [0.05, 0.1) is 17.9 Å². The Bertz CT molecular complexity index is 1460. The molecule has 3 N–H and O–H groups in total. The predicted octanol–water partition coefficient (Wildman–Crippen LogP) is 2.88. The number of phenolic OH excluding ortho intramolecular Hbond substituents is 1. The summed E-state index contributed by atoms with van der Waals surface area (Å²) < 4.78 is 1.98. The maximum atomic E-state index is 10.3. The van der Waals surface area contributed by atoms with Crippen LogP contribution in [0.2, 0.25) is 0 Å². The summed E-state index contributed by atoms with van der Waals surface area (Å²) in [6.07, 6.45) is 6.33. The number of benzene rings is 1. The highest BCUT2D eigenvalue weighted by atomic mass is 16.3. The lowest BCUT2D eigenvalue weighted by atomic mass is 10.1. The summed E-state index contributed by atoms with van der Waals surface area (Å²) in [5.74, 6) is 9.01. The number of hydrogen-bond acceptors (Lipinski definition) is 9. The summed E-state index contributed by atoms with van der Waals surface area (Å²) in [5, 5.41) is 18.7. The van der Waals surface area contributed by atoms with E-state index in [-0.39, 0.29) is 11.8 Å². The molecule has 0 amide bonds. The molecule has 1 fully saturated rings. The van der Waals surface area contributed by atoms with Crippen molar-refractivity contribution in [2.24, 2.45) is 0 Å². The van der Waals surface area contributed by atoms with Crippen LogP contribution in [0, 0.1) is 18.8 Å². The van der Waals surface area contributed by atoms with Crippen LogP contribution in [0.5, 0.6) is 5.75 Å². The van der Waals surface area contributed by atoms with E-state index in [9.17, 15) is 5.11 Å². The molecule has 0 aliphatic carbocycles. The third-order valence-electron chi connectivity index (χ3n) is 6.59. The van der Waals surface area contributed by atoms with Crippen LogP contribution >= 0.6 is 0 Å². The van der Waals surface area contributed by atoms with E-state index in [1.165, 1.54) is 0 Å². The van der Waals surface area contributed by atoms with Crippen LogP contribution in [0.4, 0.5) is 17.3 Å². The molecule has 3 aromatic heterocycles.